The first-order valence-electron chi connectivity index (χ1n) is 6.84. The first-order valence-corrected chi connectivity index (χ1v) is 6.84. The minimum Gasteiger partial charge on any atom is -0.367 e. The molecule has 0 amide bonds. The second-order valence-electron chi connectivity index (χ2n) is 6.00. The zero-order valence-corrected chi connectivity index (χ0v) is 11.9. The van der Waals surface area contributed by atoms with Crippen LogP contribution in [0.1, 0.15) is 45.7 Å². The Kier molecular flexibility index (Phi) is 3.73. The predicted molar refractivity (Wildman–Crippen MR) is 76.0 cm³/mol. The summed E-state index contributed by atoms with van der Waals surface area (Å²) in [5, 5.41) is 6.71. The average molecular weight is 248 g/mol. The molecule has 1 atom stereocenters. The average Bonchev–Trinajstić information content (AvgIpc) is 2.57. The molecular formula is C14H24N4. The summed E-state index contributed by atoms with van der Waals surface area (Å²) in [6, 6.07) is 2.57. The first kappa shape index (κ1) is 13.1. The summed E-state index contributed by atoms with van der Waals surface area (Å²) in [6.45, 7) is 9.58. The lowest BCUT2D eigenvalue weighted by Crippen LogP contribution is -2.19. The molecule has 0 radical (unpaired) electrons. The Hall–Kier alpha value is -1.32. The van der Waals surface area contributed by atoms with Gasteiger partial charge in [0.25, 0.3) is 0 Å². The lowest BCUT2D eigenvalue weighted by molar-refractivity contribution is 0.378. The van der Waals surface area contributed by atoms with E-state index in [0.29, 0.717) is 11.5 Å². The summed E-state index contributed by atoms with van der Waals surface area (Å²) < 4.78 is 0. The van der Waals surface area contributed by atoms with Gasteiger partial charge in [0.05, 0.1) is 0 Å². The summed E-state index contributed by atoms with van der Waals surface area (Å²) in [4.78, 5) is 8.87. The molecule has 1 saturated carbocycles. The number of anilines is 2. The summed E-state index contributed by atoms with van der Waals surface area (Å²) in [5.41, 5.74) is 1.46. The molecular weight excluding hydrogens is 224 g/mol. The summed E-state index contributed by atoms with van der Waals surface area (Å²) in [7, 11) is 0. The molecule has 0 aliphatic heterocycles. The Morgan fingerprint density at radius 3 is 2.78 bits per heavy atom. The Morgan fingerprint density at radius 1 is 1.39 bits per heavy atom. The topological polar surface area (TPSA) is 49.8 Å². The van der Waals surface area contributed by atoms with Crippen LogP contribution in [0.25, 0.3) is 0 Å². The summed E-state index contributed by atoms with van der Waals surface area (Å²) in [6.07, 6.45) is 3.73. The van der Waals surface area contributed by atoms with Crippen molar-refractivity contribution in [2.24, 2.45) is 5.41 Å². The number of hydrogen-bond donors (Lipinski definition) is 2. The van der Waals surface area contributed by atoms with Gasteiger partial charge in [0, 0.05) is 24.3 Å². The minimum absolute atomic E-state index is 0.463. The predicted octanol–water partition coefficient (Wildman–Crippen LogP) is 3.21. The zero-order valence-electron chi connectivity index (χ0n) is 11.9. The van der Waals surface area contributed by atoms with E-state index in [0.717, 1.165) is 24.0 Å². The van der Waals surface area contributed by atoms with E-state index in [1.54, 1.807) is 0 Å². The van der Waals surface area contributed by atoms with E-state index < -0.39 is 0 Å². The molecule has 0 spiro atoms. The summed E-state index contributed by atoms with van der Waals surface area (Å²) >= 11 is 0. The number of aryl methyl sites for hydroxylation is 1. The lowest BCUT2D eigenvalue weighted by atomic mass is 9.92. The maximum atomic E-state index is 4.50. The number of rotatable bonds is 4. The fourth-order valence-electron chi connectivity index (χ4n) is 2.65. The highest BCUT2D eigenvalue weighted by Crippen LogP contribution is 2.38. The second kappa shape index (κ2) is 5.12. The SMILES string of the molecule is CCNc1nc(C)cc(NC2CCC(C)(C)C2)n1. The van der Waals surface area contributed by atoms with Crippen LogP contribution in [0.15, 0.2) is 6.07 Å². The third-order valence-electron chi connectivity index (χ3n) is 3.51. The quantitative estimate of drug-likeness (QED) is 0.859. The Morgan fingerprint density at radius 2 is 2.17 bits per heavy atom. The van der Waals surface area contributed by atoms with Crippen LogP contribution in [0.2, 0.25) is 0 Å². The van der Waals surface area contributed by atoms with Crippen LogP contribution in [0.4, 0.5) is 11.8 Å². The van der Waals surface area contributed by atoms with Crippen molar-refractivity contribution in [3.8, 4) is 0 Å². The molecule has 4 heteroatoms. The van der Waals surface area contributed by atoms with Crippen LogP contribution in [0.3, 0.4) is 0 Å². The number of nitrogens with one attached hydrogen (secondary N) is 2. The molecule has 100 valence electrons. The van der Waals surface area contributed by atoms with Crippen LogP contribution < -0.4 is 10.6 Å². The minimum atomic E-state index is 0.463. The molecule has 0 aromatic carbocycles. The molecule has 1 heterocycles. The fourth-order valence-corrected chi connectivity index (χ4v) is 2.65. The van der Waals surface area contributed by atoms with Gasteiger partial charge >= 0.3 is 0 Å². The van der Waals surface area contributed by atoms with Gasteiger partial charge in [0.2, 0.25) is 5.95 Å². The third-order valence-corrected chi connectivity index (χ3v) is 3.51. The lowest BCUT2D eigenvalue weighted by Gasteiger charge is -2.18. The van der Waals surface area contributed by atoms with E-state index in [-0.39, 0.29) is 0 Å². The Balaban J connectivity index is 2.05. The third kappa shape index (κ3) is 3.34. The van der Waals surface area contributed by atoms with Crippen LogP contribution in [-0.4, -0.2) is 22.6 Å². The van der Waals surface area contributed by atoms with Gasteiger partial charge < -0.3 is 10.6 Å². The van der Waals surface area contributed by atoms with Crippen molar-refractivity contribution in [2.75, 3.05) is 17.2 Å². The molecule has 1 aromatic rings. The van der Waals surface area contributed by atoms with Gasteiger partial charge in [-0.3, -0.25) is 0 Å². The molecule has 0 saturated heterocycles. The van der Waals surface area contributed by atoms with Crippen molar-refractivity contribution >= 4 is 11.8 Å². The molecule has 1 aliphatic carbocycles. The fraction of sp³-hybridized carbons (Fsp3) is 0.714. The van der Waals surface area contributed by atoms with Crippen LogP contribution in [0.5, 0.6) is 0 Å². The van der Waals surface area contributed by atoms with Crippen molar-refractivity contribution in [2.45, 2.75) is 53.0 Å². The highest BCUT2D eigenvalue weighted by molar-refractivity contribution is 5.43. The molecule has 18 heavy (non-hydrogen) atoms. The number of nitrogens with zero attached hydrogens (tertiary/aromatic N) is 2. The smallest absolute Gasteiger partial charge is 0.224 e. The van der Waals surface area contributed by atoms with Gasteiger partial charge in [-0.15, -0.1) is 0 Å². The Labute approximate surface area is 110 Å². The second-order valence-corrected chi connectivity index (χ2v) is 6.00. The Bertz CT molecular complexity index is 414. The van der Waals surface area contributed by atoms with Gasteiger partial charge in [0.1, 0.15) is 5.82 Å². The van der Waals surface area contributed by atoms with E-state index in [1.807, 2.05) is 13.0 Å². The monoisotopic (exact) mass is 248 g/mol. The zero-order chi connectivity index (χ0) is 13.2. The van der Waals surface area contributed by atoms with Crippen LogP contribution in [0, 0.1) is 12.3 Å². The van der Waals surface area contributed by atoms with E-state index >= 15 is 0 Å². The van der Waals surface area contributed by atoms with Crippen molar-refractivity contribution in [3.05, 3.63) is 11.8 Å². The van der Waals surface area contributed by atoms with Gasteiger partial charge in [-0.2, -0.15) is 4.98 Å². The molecule has 1 aliphatic rings. The van der Waals surface area contributed by atoms with Crippen LogP contribution in [-0.2, 0) is 0 Å². The first-order chi connectivity index (χ1) is 8.48. The molecule has 2 rings (SSSR count). The molecule has 2 N–H and O–H groups in total. The van der Waals surface area contributed by atoms with E-state index in [2.05, 4.69) is 41.4 Å². The number of hydrogen-bond acceptors (Lipinski definition) is 4. The maximum Gasteiger partial charge on any atom is 0.224 e. The van der Waals surface area contributed by atoms with E-state index in [4.69, 9.17) is 0 Å². The standard InChI is InChI=1S/C14H24N4/c1-5-15-13-16-10(2)8-12(18-13)17-11-6-7-14(3,4)9-11/h8,11H,5-7,9H2,1-4H3,(H2,15,16,17,18). The number of aromatic nitrogens is 2. The van der Waals surface area contributed by atoms with E-state index in [1.165, 1.54) is 19.3 Å². The van der Waals surface area contributed by atoms with Gasteiger partial charge in [0.15, 0.2) is 0 Å². The van der Waals surface area contributed by atoms with Crippen molar-refractivity contribution < 1.29 is 0 Å². The van der Waals surface area contributed by atoms with E-state index in [9.17, 15) is 0 Å². The maximum absolute atomic E-state index is 4.50. The van der Waals surface area contributed by atoms with Crippen molar-refractivity contribution in [1.29, 1.82) is 0 Å². The molecule has 0 bridgehead atoms. The molecule has 1 fully saturated rings. The highest BCUT2D eigenvalue weighted by Gasteiger charge is 2.30. The summed E-state index contributed by atoms with van der Waals surface area (Å²) in [5.74, 6) is 1.67. The normalized spacial score (nSPS) is 21.9. The van der Waals surface area contributed by atoms with Crippen molar-refractivity contribution in [3.63, 3.8) is 0 Å². The van der Waals surface area contributed by atoms with Gasteiger partial charge in [-0.1, -0.05) is 13.8 Å². The van der Waals surface area contributed by atoms with Crippen LogP contribution >= 0.6 is 0 Å². The van der Waals surface area contributed by atoms with Crippen molar-refractivity contribution in [1.82, 2.24) is 9.97 Å². The van der Waals surface area contributed by atoms with Gasteiger partial charge in [-0.25, -0.2) is 4.98 Å². The molecule has 4 nitrogen and oxygen atoms in total. The highest BCUT2D eigenvalue weighted by atomic mass is 15.1. The largest absolute Gasteiger partial charge is 0.367 e. The molecule has 1 aromatic heterocycles. The molecule has 1 unspecified atom stereocenters. The van der Waals surface area contributed by atoms with Gasteiger partial charge in [-0.05, 0) is 38.5 Å².